The van der Waals surface area contributed by atoms with Gasteiger partial charge in [0.15, 0.2) is 0 Å². The predicted octanol–water partition coefficient (Wildman–Crippen LogP) is 2.14. The van der Waals surface area contributed by atoms with Crippen molar-refractivity contribution in [1.29, 1.82) is 0 Å². The highest BCUT2D eigenvalue weighted by Gasteiger charge is 2.11. The van der Waals surface area contributed by atoms with Crippen LogP contribution in [-0.2, 0) is 17.9 Å². The summed E-state index contributed by atoms with van der Waals surface area (Å²) < 4.78 is 0. The van der Waals surface area contributed by atoms with Crippen molar-refractivity contribution in [2.75, 3.05) is 19.0 Å². The number of nitrogens with one attached hydrogen (secondary N) is 1. The number of nitrogens with zero attached hydrogens (tertiary/aromatic N) is 1. The van der Waals surface area contributed by atoms with Crippen molar-refractivity contribution in [3.8, 4) is 0 Å². The maximum atomic E-state index is 11.0. The first-order chi connectivity index (χ1) is 8.78. The van der Waals surface area contributed by atoms with Crippen LogP contribution in [0, 0.1) is 0 Å². The largest absolute Gasteiger partial charge is 0.351 e. The van der Waals surface area contributed by atoms with Gasteiger partial charge in [-0.1, -0.05) is 24.3 Å². The first-order valence-corrected chi connectivity index (χ1v) is 6.94. The van der Waals surface area contributed by atoms with E-state index in [0.717, 1.165) is 12.1 Å². The Morgan fingerprint density at radius 3 is 2.39 bits per heavy atom. The topological polar surface area (TPSA) is 32.3 Å². The molecular weight excluding hydrogens is 248 g/mol. The number of carbonyl (C=O) groups is 1. The third-order valence-corrected chi connectivity index (χ3v) is 3.48. The molecule has 1 aliphatic rings. The number of likely N-dealkylation sites (tertiary alicyclic amines) is 1. The van der Waals surface area contributed by atoms with Crippen LogP contribution in [0.25, 0.3) is 0 Å². The molecule has 1 heterocycles. The van der Waals surface area contributed by atoms with Crippen molar-refractivity contribution >= 4 is 17.5 Å². The second-order valence-electron chi connectivity index (χ2n) is 4.71. The van der Waals surface area contributed by atoms with Crippen LogP contribution in [0.4, 0.5) is 0 Å². The summed E-state index contributed by atoms with van der Waals surface area (Å²) in [5.41, 5.74) is 2.45. The molecule has 4 heteroatoms. The molecule has 1 amide bonds. The SMILES string of the molecule is O=C(CCl)NCc1ccc(CN2CCCC2)cc1. The van der Waals surface area contributed by atoms with E-state index in [2.05, 4.69) is 34.5 Å². The van der Waals surface area contributed by atoms with Crippen molar-refractivity contribution in [2.45, 2.75) is 25.9 Å². The summed E-state index contributed by atoms with van der Waals surface area (Å²) in [6.45, 7) is 4.02. The Kier molecular flexibility index (Phi) is 5.02. The van der Waals surface area contributed by atoms with Gasteiger partial charge < -0.3 is 5.32 Å². The minimum atomic E-state index is -0.127. The lowest BCUT2D eigenvalue weighted by Crippen LogP contribution is -2.23. The number of halogens is 1. The van der Waals surface area contributed by atoms with E-state index in [1.807, 2.05) is 0 Å². The van der Waals surface area contributed by atoms with Gasteiger partial charge in [0.05, 0.1) is 0 Å². The van der Waals surface area contributed by atoms with Crippen molar-refractivity contribution in [1.82, 2.24) is 10.2 Å². The Morgan fingerprint density at radius 2 is 1.78 bits per heavy atom. The Labute approximate surface area is 113 Å². The number of hydrogen-bond donors (Lipinski definition) is 1. The number of benzene rings is 1. The molecule has 1 aromatic carbocycles. The molecule has 0 aliphatic carbocycles. The van der Waals surface area contributed by atoms with Gasteiger partial charge in [0, 0.05) is 13.1 Å². The summed E-state index contributed by atoms with van der Waals surface area (Å²) in [5, 5.41) is 2.76. The lowest BCUT2D eigenvalue weighted by molar-refractivity contribution is -0.118. The van der Waals surface area contributed by atoms with Crippen LogP contribution in [0.3, 0.4) is 0 Å². The molecule has 0 atom stereocenters. The Bertz CT molecular complexity index is 385. The average molecular weight is 267 g/mol. The number of alkyl halides is 1. The van der Waals surface area contributed by atoms with Crippen LogP contribution in [0.15, 0.2) is 24.3 Å². The Hall–Kier alpha value is -1.06. The first kappa shape index (κ1) is 13.4. The van der Waals surface area contributed by atoms with Crippen molar-refractivity contribution < 1.29 is 4.79 Å². The van der Waals surface area contributed by atoms with Gasteiger partial charge in [-0.25, -0.2) is 0 Å². The van der Waals surface area contributed by atoms with E-state index < -0.39 is 0 Å². The van der Waals surface area contributed by atoms with Gasteiger partial charge in [-0.05, 0) is 37.1 Å². The summed E-state index contributed by atoms with van der Waals surface area (Å²) in [5.74, 6) is -0.106. The van der Waals surface area contributed by atoms with Gasteiger partial charge >= 0.3 is 0 Å². The first-order valence-electron chi connectivity index (χ1n) is 6.41. The lowest BCUT2D eigenvalue weighted by atomic mass is 10.1. The second kappa shape index (κ2) is 6.76. The van der Waals surface area contributed by atoms with E-state index in [9.17, 15) is 4.79 Å². The molecular formula is C14H19ClN2O. The molecule has 0 unspecified atom stereocenters. The van der Waals surface area contributed by atoms with Crippen molar-refractivity contribution in [3.63, 3.8) is 0 Å². The van der Waals surface area contributed by atoms with Crippen LogP contribution in [-0.4, -0.2) is 29.8 Å². The number of amides is 1. The zero-order chi connectivity index (χ0) is 12.8. The van der Waals surface area contributed by atoms with E-state index in [1.54, 1.807) is 0 Å². The van der Waals surface area contributed by atoms with Gasteiger partial charge in [-0.2, -0.15) is 0 Å². The van der Waals surface area contributed by atoms with Crippen LogP contribution in [0.5, 0.6) is 0 Å². The third-order valence-electron chi connectivity index (χ3n) is 3.24. The van der Waals surface area contributed by atoms with Crippen LogP contribution in [0.2, 0.25) is 0 Å². The van der Waals surface area contributed by atoms with Gasteiger partial charge in [-0.15, -0.1) is 11.6 Å². The van der Waals surface area contributed by atoms with E-state index >= 15 is 0 Å². The fourth-order valence-electron chi connectivity index (χ4n) is 2.21. The molecule has 0 spiro atoms. The maximum Gasteiger partial charge on any atom is 0.235 e. The van der Waals surface area contributed by atoms with Crippen molar-refractivity contribution in [2.24, 2.45) is 0 Å². The van der Waals surface area contributed by atoms with E-state index in [4.69, 9.17) is 11.6 Å². The van der Waals surface area contributed by atoms with E-state index in [1.165, 1.54) is 31.5 Å². The van der Waals surface area contributed by atoms with Gasteiger partial charge in [0.25, 0.3) is 0 Å². The molecule has 1 saturated heterocycles. The molecule has 0 saturated carbocycles. The third kappa shape index (κ3) is 4.00. The molecule has 1 fully saturated rings. The Balaban J connectivity index is 1.82. The van der Waals surface area contributed by atoms with Gasteiger partial charge in [0.2, 0.25) is 5.91 Å². The van der Waals surface area contributed by atoms with E-state index in [0.29, 0.717) is 6.54 Å². The number of hydrogen-bond acceptors (Lipinski definition) is 2. The normalized spacial score (nSPS) is 15.8. The lowest BCUT2D eigenvalue weighted by Gasteiger charge is -2.14. The van der Waals surface area contributed by atoms with Crippen LogP contribution >= 0.6 is 11.6 Å². The summed E-state index contributed by atoms with van der Waals surface area (Å²) in [6, 6.07) is 8.42. The molecule has 0 radical (unpaired) electrons. The summed E-state index contributed by atoms with van der Waals surface area (Å²) in [6.07, 6.45) is 2.64. The standard InChI is InChI=1S/C14H19ClN2O/c15-9-14(18)16-10-12-3-5-13(6-4-12)11-17-7-1-2-8-17/h3-6H,1-2,7-11H2,(H,16,18). The maximum absolute atomic E-state index is 11.0. The molecule has 1 aliphatic heterocycles. The minimum Gasteiger partial charge on any atom is -0.351 e. The summed E-state index contributed by atoms with van der Waals surface area (Å²) >= 11 is 5.42. The van der Waals surface area contributed by atoms with Gasteiger partial charge in [0.1, 0.15) is 5.88 Å². The summed E-state index contributed by atoms with van der Waals surface area (Å²) in [4.78, 5) is 13.5. The highest BCUT2D eigenvalue weighted by Crippen LogP contribution is 2.13. The molecule has 0 aromatic heterocycles. The summed E-state index contributed by atoms with van der Waals surface area (Å²) in [7, 11) is 0. The number of carbonyl (C=O) groups excluding carboxylic acids is 1. The molecule has 98 valence electrons. The fourth-order valence-corrected chi connectivity index (χ4v) is 2.30. The van der Waals surface area contributed by atoms with Gasteiger partial charge in [-0.3, -0.25) is 9.69 Å². The predicted molar refractivity (Wildman–Crippen MR) is 73.5 cm³/mol. The molecule has 1 N–H and O–H groups in total. The van der Waals surface area contributed by atoms with Crippen LogP contribution < -0.4 is 5.32 Å². The molecule has 0 bridgehead atoms. The highest BCUT2D eigenvalue weighted by atomic mass is 35.5. The number of rotatable bonds is 5. The average Bonchev–Trinajstić information content (AvgIpc) is 2.90. The smallest absolute Gasteiger partial charge is 0.235 e. The fraction of sp³-hybridized carbons (Fsp3) is 0.500. The molecule has 2 rings (SSSR count). The monoisotopic (exact) mass is 266 g/mol. The second-order valence-corrected chi connectivity index (χ2v) is 4.98. The minimum absolute atomic E-state index is 0.0209. The zero-order valence-corrected chi connectivity index (χ0v) is 11.2. The zero-order valence-electron chi connectivity index (χ0n) is 10.5. The highest BCUT2D eigenvalue weighted by molar-refractivity contribution is 6.27. The molecule has 1 aromatic rings. The quantitative estimate of drug-likeness (QED) is 0.829. The van der Waals surface area contributed by atoms with Crippen LogP contribution in [0.1, 0.15) is 24.0 Å². The van der Waals surface area contributed by atoms with E-state index in [-0.39, 0.29) is 11.8 Å². The molecule has 18 heavy (non-hydrogen) atoms. The Morgan fingerprint density at radius 1 is 1.17 bits per heavy atom. The molecule has 3 nitrogen and oxygen atoms in total. The van der Waals surface area contributed by atoms with Crippen molar-refractivity contribution in [3.05, 3.63) is 35.4 Å².